The first kappa shape index (κ1) is 15.9. The molecule has 0 aromatic carbocycles. The number of carboxylic acids is 1. The molecule has 0 atom stereocenters. The highest BCUT2D eigenvalue weighted by molar-refractivity contribution is 5.84. The van der Waals surface area contributed by atoms with Crippen molar-refractivity contribution < 1.29 is 19.4 Å². The van der Waals surface area contributed by atoms with Gasteiger partial charge in [0.2, 0.25) is 0 Å². The fourth-order valence-corrected chi connectivity index (χ4v) is 1.41. The predicted molar refractivity (Wildman–Crippen MR) is 70.5 cm³/mol. The lowest BCUT2D eigenvalue weighted by molar-refractivity contribution is 0.0526. The molecule has 1 heterocycles. The minimum Gasteiger partial charge on any atom is -0.476 e. The highest BCUT2D eigenvalue weighted by Gasteiger charge is 2.15. The number of rotatable bonds is 6. The van der Waals surface area contributed by atoms with Crippen molar-refractivity contribution in [3.63, 3.8) is 0 Å². The lowest BCUT2D eigenvalue weighted by atomic mass is 10.2. The van der Waals surface area contributed by atoms with Crippen LogP contribution in [0.2, 0.25) is 0 Å². The summed E-state index contributed by atoms with van der Waals surface area (Å²) in [5.41, 5.74) is -0.574. The van der Waals surface area contributed by atoms with E-state index in [1.54, 1.807) is 20.8 Å². The van der Waals surface area contributed by atoms with E-state index in [0.717, 1.165) is 12.8 Å². The van der Waals surface area contributed by atoms with Crippen LogP contribution in [0.3, 0.4) is 0 Å². The third kappa shape index (κ3) is 6.17. The molecule has 0 aliphatic heterocycles. The predicted octanol–water partition coefficient (Wildman–Crippen LogP) is 1.28. The monoisotopic (exact) mass is 284 g/mol. The molecule has 1 rings (SSSR count). The van der Waals surface area contributed by atoms with E-state index in [1.807, 2.05) is 0 Å². The topological polar surface area (TPSA) is 106 Å². The van der Waals surface area contributed by atoms with Crippen molar-refractivity contribution in [2.24, 2.45) is 0 Å². The Bertz CT molecular complexity index is 464. The first-order valence-corrected chi connectivity index (χ1v) is 6.38. The molecular weight excluding hydrogens is 264 g/mol. The second-order valence-electron chi connectivity index (χ2n) is 5.31. The molecule has 8 heteroatoms. The molecule has 0 saturated heterocycles. The van der Waals surface area contributed by atoms with Gasteiger partial charge in [-0.1, -0.05) is 5.21 Å². The smallest absolute Gasteiger partial charge is 0.407 e. The number of aryl methyl sites for hydroxylation is 1. The maximum absolute atomic E-state index is 11.3. The summed E-state index contributed by atoms with van der Waals surface area (Å²) in [5, 5.41) is 18.5. The van der Waals surface area contributed by atoms with Gasteiger partial charge >= 0.3 is 12.1 Å². The summed E-state index contributed by atoms with van der Waals surface area (Å²) < 4.78 is 6.56. The number of carbonyl (C=O) groups is 2. The average Bonchev–Trinajstić information content (AvgIpc) is 2.75. The van der Waals surface area contributed by atoms with Crippen LogP contribution >= 0.6 is 0 Å². The maximum atomic E-state index is 11.3. The van der Waals surface area contributed by atoms with Crippen molar-refractivity contribution >= 4 is 12.1 Å². The third-order valence-corrected chi connectivity index (χ3v) is 2.24. The Kier molecular flexibility index (Phi) is 5.48. The normalized spacial score (nSPS) is 11.2. The highest BCUT2D eigenvalue weighted by atomic mass is 16.6. The van der Waals surface area contributed by atoms with Crippen LogP contribution in [0.15, 0.2) is 6.20 Å². The molecule has 0 aliphatic rings. The van der Waals surface area contributed by atoms with E-state index < -0.39 is 17.7 Å². The highest BCUT2D eigenvalue weighted by Crippen LogP contribution is 2.06. The van der Waals surface area contributed by atoms with Crippen LogP contribution in [-0.4, -0.2) is 44.3 Å². The largest absolute Gasteiger partial charge is 0.476 e. The second kappa shape index (κ2) is 6.88. The zero-order valence-corrected chi connectivity index (χ0v) is 11.9. The number of alkyl carbamates (subject to hydrolysis) is 1. The molecule has 2 N–H and O–H groups in total. The number of unbranched alkanes of at least 4 members (excludes halogenated alkanes) is 1. The Morgan fingerprint density at radius 3 is 2.65 bits per heavy atom. The zero-order chi connectivity index (χ0) is 15.2. The molecule has 0 bridgehead atoms. The number of hydrogen-bond donors (Lipinski definition) is 2. The van der Waals surface area contributed by atoms with E-state index >= 15 is 0 Å². The molecule has 0 unspecified atom stereocenters. The minimum absolute atomic E-state index is 0.0723. The number of nitrogens with one attached hydrogen (secondary N) is 1. The third-order valence-electron chi connectivity index (χ3n) is 2.24. The first-order chi connectivity index (χ1) is 9.28. The summed E-state index contributed by atoms with van der Waals surface area (Å²) in [6, 6.07) is 0. The number of aromatic nitrogens is 3. The van der Waals surface area contributed by atoms with Gasteiger partial charge in [-0.05, 0) is 33.6 Å². The van der Waals surface area contributed by atoms with Gasteiger partial charge in [0.1, 0.15) is 5.60 Å². The van der Waals surface area contributed by atoms with E-state index in [2.05, 4.69) is 15.6 Å². The lowest BCUT2D eigenvalue weighted by Gasteiger charge is -2.19. The molecule has 0 aliphatic carbocycles. The number of aromatic carboxylic acids is 1. The van der Waals surface area contributed by atoms with Crippen LogP contribution in [-0.2, 0) is 11.3 Å². The van der Waals surface area contributed by atoms with Crippen molar-refractivity contribution in [3.8, 4) is 0 Å². The van der Waals surface area contributed by atoms with Gasteiger partial charge in [0.15, 0.2) is 5.69 Å². The number of carbonyl (C=O) groups excluding carboxylic acids is 1. The number of hydrogen-bond acceptors (Lipinski definition) is 5. The van der Waals surface area contributed by atoms with Crippen LogP contribution in [0.25, 0.3) is 0 Å². The van der Waals surface area contributed by atoms with Crippen LogP contribution in [0.4, 0.5) is 4.79 Å². The molecule has 1 aromatic rings. The van der Waals surface area contributed by atoms with Crippen molar-refractivity contribution in [3.05, 3.63) is 11.9 Å². The summed E-state index contributed by atoms with van der Waals surface area (Å²) in [6.07, 6.45) is 2.43. The van der Waals surface area contributed by atoms with Gasteiger partial charge in [-0.2, -0.15) is 0 Å². The van der Waals surface area contributed by atoms with Gasteiger partial charge < -0.3 is 15.2 Å². The Hall–Kier alpha value is -2.12. The maximum Gasteiger partial charge on any atom is 0.407 e. The lowest BCUT2D eigenvalue weighted by Crippen LogP contribution is -2.33. The Morgan fingerprint density at radius 2 is 2.10 bits per heavy atom. The number of amides is 1. The summed E-state index contributed by atoms with van der Waals surface area (Å²) >= 11 is 0. The van der Waals surface area contributed by atoms with Gasteiger partial charge in [0.05, 0.1) is 6.20 Å². The van der Waals surface area contributed by atoms with Gasteiger partial charge in [-0.25, -0.2) is 9.59 Å². The summed E-state index contributed by atoms with van der Waals surface area (Å²) in [7, 11) is 0. The summed E-state index contributed by atoms with van der Waals surface area (Å²) in [6.45, 7) is 6.46. The summed E-state index contributed by atoms with van der Waals surface area (Å²) in [5.74, 6) is -1.09. The Labute approximate surface area is 117 Å². The van der Waals surface area contributed by atoms with Crippen molar-refractivity contribution in [1.82, 2.24) is 20.3 Å². The second-order valence-corrected chi connectivity index (χ2v) is 5.31. The van der Waals surface area contributed by atoms with Crippen molar-refractivity contribution in [2.75, 3.05) is 6.54 Å². The summed E-state index contributed by atoms with van der Waals surface area (Å²) in [4.78, 5) is 21.9. The Balaban J connectivity index is 2.16. The molecule has 0 radical (unpaired) electrons. The van der Waals surface area contributed by atoms with Gasteiger partial charge in [0, 0.05) is 13.1 Å². The van der Waals surface area contributed by atoms with E-state index in [0.29, 0.717) is 13.1 Å². The van der Waals surface area contributed by atoms with Crippen LogP contribution in [0, 0.1) is 0 Å². The molecule has 0 spiro atoms. The van der Waals surface area contributed by atoms with Gasteiger partial charge in [-0.15, -0.1) is 5.10 Å². The van der Waals surface area contributed by atoms with Crippen LogP contribution in [0.1, 0.15) is 44.1 Å². The number of carboxylic acid groups (broad SMARTS) is 1. The van der Waals surface area contributed by atoms with Crippen LogP contribution < -0.4 is 5.32 Å². The SMILES string of the molecule is CC(C)(C)OC(=O)NCCCCn1cc(C(=O)O)nn1. The first-order valence-electron chi connectivity index (χ1n) is 6.38. The average molecular weight is 284 g/mol. The molecule has 20 heavy (non-hydrogen) atoms. The molecule has 0 saturated carbocycles. The van der Waals surface area contributed by atoms with E-state index in [1.165, 1.54) is 10.9 Å². The zero-order valence-electron chi connectivity index (χ0n) is 11.9. The molecule has 1 amide bonds. The van der Waals surface area contributed by atoms with Crippen molar-refractivity contribution in [2.45, 2.75) is 45.8 Å². The molecule has 0 fully saturated rings. The molecular formula is C12H20N4O4. The van der Waals surface area contributed by atoms with Crippen molar-refractivity contribution in [1.29, 1.82) is 0 Å². The molecule has 112 valence electrons. The van der Waals surface area contributed by atoms with Gasteiger partial charge in [0.25, 0.3) is 0 Å². The Morgan fingerprint density at radius 1 is 1.40 bits per heavy atom. The molecule has 1 aromatic heterocycles. The van der Waals surface area contributed by atoms with E-state index in [9.17, 15) is 9.59 Å². The number of ether oxygens (including phenoxy) is 1. The van der Waals surface area contributed by atoms with E-state index in [4.69, 9.17) is 9.84 Å². The fraction of sp³-hybridized carbons (Fsp3) is 0.667. The van der Waals surface area contributed by atoms with Gasteiger partial charge in [-0.3, -0.25) is 4.68 Å². The fourth-order valence-electron chi connectivity index (χ4n) is 1.41. The quantitative estimate of drug-likeness (QED) is 0.762. The van der Waals surface area contributed by atoms with E-state index in [-0.39, 0.29) is 5.69 Å². The van der Waals surface area contributed by atoms with Crippen LogP contribution in [0.5, 0.6) is 0 Å². The minimum atomic E-state index is -1.09. The molecule has 8 nitrogen and oxygen atoms in total. The standard InChI is InChI=1S/C12H20N4O4/c1-12(2,3)20-11(19)13-6-4-5-7-16-8-9(10(17)18)14-15-16/h8H,4-7H2,1-3H3,(H,13,19)(H,17,18). The number of nitrogens with zero attached hydrogens (tertiary/aromatic N) is 3.